The topological polar surface area (TPSA) is 98.5 Å². The first-order valence-electron chi connectivity index (χ1n) is 3.58. The zero-order chi connectivity index (χ0) is 11.1. The van der Waals surface area contributed by atoms with Crippen LogP contribution in [0.15, 0.2) is 24.6 Å². The van der Waals surface area contributed by atoms with Crippen molar-refractivity contribution < 1.29 is 19.1 Å². The van der Waals surface area contributed by atoms with Crippen LogP contribution in [0.2, 0.25) is 0 Å². The van der Waals surface area contributed by atoms with Gasteiger partial charge in [-0.3, -0.25) is 14.4 Å². The van der Waals surface area contributed by atoms with E-state index in [0.717, 1.165) is 13.1 Å². The van der Waals surface area contributed by atoms with Crippen LogP contribution in [0.5, 0.6) is 0 Å². The summed E-state index contributed by atoms with van der Waals surface area (Å²) in [6.07, 6.45) is 1.79. The molecule has 0 rings (SSSR count). The SMILES string of the molecule is C=CNC(=O)C(=CC(N)=O)OC(C)=O. The molecule has 0 aromatic carbocycles. The number of carbonyl (C=O) groups excluding carboxylic acids is 3. The largest absolute Gasteiger partial charge is 0.421 e. The predicted octanol–water partition coefficient (Wildman–Crippen LogP) is -0.822. The highest BCUT2D eigenvalue weighted by Gasteiger charge is 2.12. The average Bonchev–Trinajstić information content (AvgIpc) is 2.01. The Labute approximate surface area is 80.4 Å². The number of rotatable bonds is 4. The van der Waals surface area contributed by atoms with Crippen molar-refractivity contribution in [1.29, 1.82) is 0 Å². The molecule has 3 N–H and O–H groups in total. The second kappa shape index (κ2) is 5.52. The van der Waals surface area contributed by atoms with E-state index in [0.29, 0.717) is 6.08 Å². The molecule has 0 bridgehead atoms. The van der Waals surface area contributed by atoms with E-state index in [9.17, 15) is 14.4 Å². The van der Waals surface area contributed by atoms with Gasteiger partial charge >= 0.3 is 5.97 Å². The Morgan fingerprint density at radius 1 is 1.43 bits per heavy atom. The fraction of sp³-hybridized carbons (Fsp3) is 0.125. The molecule has 0 aromatic heterocycles. The van der Waals surface area contributed by atoms with E-state index >= 15 is 0 Å². The van der Waals surface area contributed by atoms with Crippen LogP contribution >= 0.6 is 0 Å². The molecular formula is C8H10N2O4. The van der Waals surface area contributed by atoms with Gasteiger partial charge in [0, 0.05) is 6.92 Å². The molecule has 76 valence electrons. The van der Waals surface area contributed by atoms with Crippen LogP contribution in [-0.2, 0) is 19.1 Å². The maximum absolute atomic E-state index is 11.1. The van der Waals surface area contributed by atoms with E-state index in [1.807, 2.05) is 0 Å². The lowest BCUT2D eigenvalue weighted by Gasteiger charge is -2.03. The van der Waals surface area contributed by atoms with Crippen LogP contribution in [0.4, 0.5) is 0 Å². The molecule has 0 aromatic rings. The molecule has 0 radical (unpaired) electrons. The van der Waals surface area contributed by atoms with E-state index < -0.39 is 23.5 Å². The van der Waals surface area contributed by atoms with Gasteiger partial charge in [0.1, 0.15) is 0 Å². The minimum Gasteiger partial charge on any atom is -0.421 e. The van der Waals surface area contributed by atoms with Crippen molar-refractivity contribution in [2.24, 2.45) is 5.73 Å². The van der Waals surface area contributed by atoms with E-state index in [-0.39, 0.29) is 0 Å². The fourth-order valence-electron chi connectivity index (χ4n) is 0.589. The molecule has 0 aliphatic heterocycles. The van der Waals surface area contributed by atoms with Gasteiger partial charge in [0.05, 0.1) is 6.08 Å². The first kappa shape index (κ1) is 11.9. The zero-order valence-corrected chi connectivity index (χ0v) is 7.57. The number of hydrogen-bond acceptors (Lipinski definition) is 4. The second-order valence-electron chi connectivity index (χ2n) is 2.18. The minimum absolute atomic E-state index is 0.468. The quantitative estimate of drug-likeness (QED) is 0.350. The number of primary amides is 1. The lowest BCUT2D eigenvalue weighted by molar-refractivity contribution is -0.140. The zero-order valence-electron chi connectivity index (χ0n) is 7.57. The summed E-state index contributed by atoms with van der Waals surface area (Å²) >= 11 is 0. The summed E-state index contributed by atoms with van der Waals surface area (Å²) in [6.45, 7) is 4.32. The molecule has 0 aliphatic rings. The first-order valence-corrected chi connectivity index (χ1v) is 3.58. The Morgan fingerprint density at radius 2 is 2.00 bits per heavy atom. The van der Waals surface area contributed by atoms with Gasteiger partial charge in [0.25, 0.3) is 5.91 Å². The molecule has 0 spiro atoms. The lowest BCUT2D eigenvalue weighted by Crippen LogP contribution is -2.23. The van der Waals surface area contributed by atoms with Crippen LogP contribution in [0.25, 0.3) is 0 Å². The summed E-state index contributed by atoms with van der Waals surface area (Å²) in [5.74, 6) is -2.85. The van der Waals surface area contributed by atoms with E-state index in [1.165, 1.54) is 0 Å². The standard InChI is InChI=1S/C8H10N2O4/c1-3-10-8(13)6(4-7(9)12)14-5(2)11/h3-4H,1H2,2H3,(H2,9,12)(H,10,13). The lowest BCUT2D eigenvalue weighted by atomic mass is 10.4. The second-order valence-corrected chi connectivity index (χ2v) is 2.18. The maximum Gasteiger partial charge on any atom is 0.308 e. The molecule has 0 unspecified atom stereocenters. The molecular weight excluding hydrogens is 188 g/mol. The molecule has 0 fully saturated rings. The summed E-state index contributed by atoms with van der Waals surface area (Å²) in [7, 11) is 0. The third kappa shape index (κ3) is 4.70. The summed E-state index contributed by atoms with van der Waals surface area (Å²) in [4.78, 5) is 32.1. The fourth-order valence-corrected chi connectivity index (χ4v) is 0.589. The molecule has 14 heavy (non-hydrogen) atoms. The third-order valence-corrected chi connectivity index (χ3v) is 0.984. The van der Waals surface area contributed by atoms with Gasteiger partial charge in [-0.05, 0) is 6.20 Å². The van der Waals surface area contributed by atoms with E-state index in [4.69, 9.17) is 5.73 Å². The van der Waals surface area contributed by atoms with E-state index in [1.54, 1.807) is 0 Å². The van der Waals surface area contributed by atoms with Crippen molar-refractivity contribution in [3.63, 3.8) is 0 Å². The highest BCUT2D eigenvalue weighted by molar-refractivity contribution is 6.00. The highest BCUT2D eigenvalue weighted by Crippen LogP contribution is 1.97. The van der Waals surface area contributed by atoms with Crippen molar-refractivity contribution in [1.82, 2.24) is 5.32 Å². The number of esters is 1. The summed E-state index contributed by atoms with van der Waals surface area (Å²) < 4.78 is 4.44. The Hall–Kier alpha value is -2.11. The summed E-state index contributed by atoms with van der Waals surface area (Å²) in [5.41, 5.74) is 4.79. The van der Waals surface area contributed by atoms with E-state index in [2.05, 4.69) is 16.6 Å². The first-order chi connectivity index (χ1) is 6.47. The molecule has 2 amide bonds. The van der Waals surface area contributed by atoms with Gasteiger partial charge in [-0.1, -0.05) is 6.58 Å². The number of carbonyl (C=O) groups is 3. The summed E-state index contributed by atoms with van der Waals surface area (Å²) in [5, 5.41) is 2.13. The average molecular weight is 198 g/mol. The van der Waals surface area contributed by atoms with Crippen LogP contribution in [-0.4, -0.2) is 17.8 Å². The minimum atomic E-state index is -0.888. The Morgan fingerprint density at radius 3 is 2.36 bits per heavy atom. The van der Waals surface area contributed by atoms with Crippen LogP contribution in [0, 0.1) is 0 Å². The molecule has 0 atom stereocenters. The predicted molar refractivity (Wildman–Crippen MR) is 47.4 cm³/mol. The number of amides is 2. The van der Waals surface area contributed by atoms with Crippen LogP contribution < -0.4 is 11.1 Å². The van der Waals surface area contributed by atoms with Crippen molar-refractivity contribution in [2.75, 3.05) is 0 Å². The van der Waals surface area contributed by atoms with Gasteiger partial charge < -0.3 is 15.8 Å². The van der Waals surface area contributed by atoms with Crippen LogP contribution in [0.3, 0.4) is 0 Å². The number of hydrogen-bond donors (Lipinski definition) is 2. The Kier molecular flexibility index (Phi) is 4.69. The Balaban J connectivity index is 4.71. The maximum atomic E-state index is 11.1. The molecule has 6 nitrogen and oxygen atoms in total. The van der Waals surface area contributed by atoms with Crippen molar-refractivity contribution in [3.8, 4) is 0 Å². The normalized spacial score (nSPS) is 10.2. The molecule has 0 heterocycles. The van der Waals surface area contributed by atoms with Crippen molar-refractivity contribution >= 4 is 17.8 Å². The van der Waals surface area contributed by atoms with Crippen molar-refractivity contribution in [2.45, 2.75) is 6.92 Å². The molecule has 6 heteroatoms. The monoisotopic (exact) mass is 198 g/mol. The smallest absolute Gasteiger partial charge is 0.308 e. The summed E-state index contributed by atoms with van der Waals surface area (Å²) in [6, 6.07) is 0. The van der Waals surface area contributed by atoms with Gasteiger partial charge in [-0.2, -0.15) is 0 Å². The van der Waals surface area contributed by atoms with Gasteiger partial charge in [-0.25, -0.2) is 0 Å². The highest BCUT2D eigenvalue weighted by atomic mass is 16.5. The van der Waals surface area contributed by atoms with Gasteiger partial charge in [0.15, 0.2) is 0 Å². The molecule has 0 aliphatic carbocycles. The van der Waals surface area contributed by atoms with Gasteiger partial charge in [-0.15, -0.1) is 0 Å². The molecule has 0 saturated heterocycles. The van der Waals surface area contributed by atoms with Gasteiger partial charge in [0.2, 0.25) is 11.7 Å². The third-order valence-electron chi connectivity index (χ3n) is 0.984. The molecule has 0 saturated carbocycles. The number of nitrogens with one attached hydrogen (secondary N) is 1. The Bertz CT molecular complexity index is 306. The van der Waals surface area contributed by atoms with Crippen molar-refractivity contribution in [3.05, 3.63) is 24.6 Å². The van der Waals surface area contributed by atoms with Crippen LogP contribution in [0.1, 0.15) is 6.92 Å². The number of nitrogens with two attached hydrogens (primary N) is 1. The number of ether oxygens (including phenoxy) is 1.